The first-order chi connectivity index (χ1) is 7.70. The van der Waals surface area contributed by atoms with E-state index in [2.05, 4.69) is 0 Å². The van der Waals surface area contributed by atoms with E-state index in [9.17, 15) is 8.78 Å². The summed E-state index contributed by atoms with van der Waals surface area (Å²) < 4.78 is 26.6. The number of rotatable bonds is 2. The molecule has 16 heavy (non-hydrogen) atoms. The zero-order valence-corrected chi connectivity index (χ0v) is 9.00. The third kappa shape index (κ3) is 1.38. The van der Waals surface area contributed by atoms with Crippen LogP contribution in [-0.2, 0) is 0 Å². The normalized spacial score (nSPS) is 33.6. The lowest BCUT2D eigenvalue weighted by atomic mass is 9.97. The summed E-state index contributed by atoms with van der Waals surface area (Å²) >= 11 is 0. The summed E-state index contributed by atoms with van der Waals surface area (Å²) in [6.07, 6.45) is 3.68. The highest BCUT2D eigenvalue weighted by Gasteiger charge is 2.55. The molecule has 1 aromatic rings. The Morgan fingerprint density at radius 3 is 2.56 bits per heavy atom. The van der Waals surface area contributed by atoms with Crippen LogP contribution in [0.5, 0.6) is 0 Å². The molecule has 2 aliphatic carbocycles. The maximum atomic E-state index is 13.6. The van der Waals surface area contributed by atoms with Crippen LogP contribution in [0.2, 0.25) is 0 Å². The van der Waals surface area contributed by atoms with E-state index in [1.165, 1.54) is 25.3 Å². The number of fused-ring (bicyclic) bond motifs is 1. The quantitative estimate of drug-likeness (QED) is 0.819. The van der Waals surface area contributed by atoms with Gasteiger partial charge in [-0.15, -0.1) is 0 Å². The summed E-state index contributed by atoms with van der Waals surface area (Å²) in [5, 5.41) is 0. The van der Waals surface area contributed by atoms with Crippen LogP contribution in [0.3, 0.4) is 0 Å². The lowest BCUT2D eigenvalue weighted by Crippen LogP contribution is -2.17. The van der Waals surface area contributed by atoms with E-state index in [-0.39, 0.29) is 6.04 Å². The Morgan fingerprint density at radius 2 is 1.88 bits per heavy atom. The summed E-state index contributed by atoms with van der Waals surface area (Å²) in [5.41, 5.74) is 6.40. The highest BCUT2D eigenvalue weighted by molar-refractivity contribution is 5.25. The van der Waals surface area contributed by atoms with E-state index in [1.54, 1.807) is 6.07 Å². The fraction of sp³-hybridized carbons (Fsp3) is 0.538. The molecule has 2 fully saturated rings. The van der Waals surface area contributed by atoms with Crippen molar-refractivity contribution in [3.8, 4) is 0 Å². The molecule has 2 N–H and O–H groups in total. The minimum absolute atomic E-state index is 0.328. The van der Waals surface area contributed by atoms with Crippen molar-refractivity contribution in [2.24, 2.45) is 23.5 Å². The largest absolute Gasteiger partial charge is 0.324 e. The molecule has 86 valence electrons. The Kier molecular flexibility index (Phi) is 2.25. The SMILES string of the molecule is NC(c1cccc(F)c1F)C1C2CCCC21. The molecule has 2 aliphatic rings. The fourth-order valence-corrected chi connectivity index (χ4v) is 3.39. The van der Waals surface area contributed by atoms with Gasteiger partial charge in [0.2, 0.25) is 0 Å². The molecule has 0 aromatic heterocycles. The molecule has 0 saturated heterocycles. The van der Waals surface area contributed by atoms with Crippen LogP contribution in [-0.4, -0.2) is 0 Å². The summed E-state index contributed by atoms with van der Waals surface area (Å²) in [6.45, 7) is 0. The van der Waals surface area contributed by atoms with Gasteiger partial charge >= 0.3 is 0 Å². The Hall–Kier alpha value is -0.960. The molecule has 3 rings (SSSR count). The number of benzene rings is 1. The number of hydrogen-bond acceptors (Lipinski definition) is 1. The van der Waals surface area contributed by atoms with Crippen LogP contribution < -0.4 is 5.73 Å². The minimum atomic E-state index is -0.793. The molecule has 0 bridgehead atoms. The van der Waals surface area contributed by atoms with Gasteiger partial charge in [0, 0.05) is 11.6 Å². The van der Waals surface area contributed by atoms with Crippen LogP contribution in [0.4, 0.5) is 8.78 Å². The van der Waals surface area contributed by atoms with Crippen molar-refractivity contribution in [3.05, 3.63) is 35.4 Å². The fourth-order valence-electron chi connectivity index (χ4n) is 3.39. The summed E-state index contributed by atoms with van der Waals surface area (Å²) in [6, 6.07) is 3.95. The van der Waals surface area contributed by atoms with E-state index >= 15 is 0 Å². The molecule has 0 heterocycles. The number of nitrogens with two attached hydrogens (primary N) is 1. The molecule has 0 amide bonds. The van der Waals surface area contributed by atoms with Gasteiger partial charge in [-0.2, -0.15) is 0 Å². The third-order valence-corrected chi connectivity index (χ3v) is 4.23. The lowest BCUT2D eigenvalue weighted by Gasteiger charge is -2.15. The van der Waals surface area contributed by atoms with Crippen molar-refractivity contribution in [2.75, 3.05) is 0 Å². The molecule has 3 heteroatoms. The van der Waals surface area contributed by atoms with Crippen molar-refractivity contribution in [1.82, 2.24) is 0 Å². The van der Waals surface area contributed by atoms with Gasteiger partial charge in [-0.3, -0.25) is 0 Å². The van der Waals surface area contributed by atoms with Gasteiger partial charge in [0.25, 0.3) is 0 Å². The molecule has 1 aromatic carbocycles. The van der Waals surface area contributed by atoms with E-state index in [0.29, 0.717) is 23.3 Å². The van der Waals surface area contributed by atoms with E-state index in [4.69, 9.17) is 5.73 Å². The lowest BCUT2D eigenvalue weighted by molar-refractivity contribution is 0.452. The average molecular weight is 223 g/mol. The van der Waals surface area contributed by atoms with Gasteiger partial charge in [-0.25, -0.2) is 8.78 Å². The first-order valence-electron chi connectivity index (χ1n) is 5.89. The van der Waals surface area contributed by atoms with Crippen molar-refractivity contribution < 1.29 is 8.78 Å². The molecule has 0 spiro atoms. The van der Waals surface area contributed by atoms with Gasteiger partial charge in [-0.1, -0.05) is 18.6 Å². The van der Waals surface area contributed by atoms with Gasteiger partial charge in [0.1, 0.15) is 0 Å². The van der Waals surface area contributed by atoms with Crippen molar-refractivity contribution in [3.63, 3.8) is 0 Å². The van der Waals surface area contributed by atoms with Gasteiger partial charge in [0.15, 0.2) is 11.6 Å². The zero-order chi connectivity index (χ0) is 11.3. The highest BCUT2D eigenvalue weighted by atomic mass is 19.2. The topological polar surface area (TPSA) is 26.0 Å². The van der Waals surface area contributed by atoms with Crippen molar-refractivity contribution in [1.29, 1.82) is 0 Å². The Labute approximate surface area is 93.6 Å². The van der Waals surface area contributed by atoms with Crippen molar-refractivity contribution in [2.45, 2.75) is 25.3 Å². The van der Waals surface area contributed by atoms with E-state index < -0.39 is 11.6 Å². The predicted octanol–water partition coefficient (Wildman–Crippen LogP) is 3.01. The van der Waals surface area contributed by atoms with Crippen molar-refractivity contribution >= 4 is 0 Å². The smallest absolute Gasteiger partial charge is 0.163 e. The Morgan fingerprint density at radius 1 is 1.19 bits per heavy atom. The second kappa shape index (κ2) is 3.52. The van der Waals surface area contributed by atoms with Crippen LogP contribution in [0.1, 0.15) is 30.9 Å². The molecule has 1 nitrogen and oxygen atoms in total. The highest BCUT2D eigenvalue weighted by Crippen LogP contribution is 2.61. The first kappa shape index (κ1) is 10.2. The molecule has 3 unspecified atom stereocenters. The van der Waals surface area contributed by atoms with Gasteiger partial charge in [0.05, 0.1) is 0 Å². The maximum Gasteiger partial charge on any atom is 0.163 e. The zero-order valence-electron chi connectivity index (χ0n) is 9.00. The van der Waals surface area contributed by atoms with Crippen LogP contribution in [0, 0.1) is 29.4 Å². The second-order valence-corrected chi connectivity index (χ2v) is 5.00. The second-order valence-electron chi connectivity index (χ2n) is 5.00. The summed E-state index contributed by atoms with van der Waals surface area (Å²) in [5.74, 6) is 0.152. The van der Waals surface area contributed by atoms with Crippen LogP contribution in [0.25, 0.3) is 0 Å². The first-order valence-corrected chi connectivity index (χ1v) is 5.89. The Balaban J connectivity index is 1.85. The average Bonchev–Trinajstić information content (AvgIpc) is 2.75. The van der Waals surface area contributed by atoms with Crippen LogP contribution >= 0.6 is 0 Å². The van der Waals surface area contributed by atoms with Gasteiger partial charge in [-0.05, 0) is 36.7 Å². The standard InChI is InChI=1S/C13H15F2N/c14-10-6-2-5-9(12(10)15)13(16)11-7-3-1-4-8(7)11/h2,5-8,11,13H,1,3-4,16H2. The molecular formula is C13H15F2N. The molecular weight excluding hydrogens is 208 g/mol. The summed E-state index contributed by atoms with van der Waals surface area (Å²) in [7, 11) is 0. The van der Waals surface area contributed by atoms with E-state index in [1.807, 2.05) is 0 Å². The van der Waals surface area contributed by atoms with Crippen LogP contribution in [0.15, 0.2) is 18.2 Å². The molecule has 0 radical (unpaired) electrons. The maximum absolute atomic E-state index is 13.6. The molecule has 0 aliphatic heterocycles. The van der Waals surface area contributed by atoms with Gasteiger partial charge < -0.3 is 5.73 Å². The number of halogens is 2. The predicted molar refractivity (Wildman–Crippen MR) is 57.6 cm³/mol. The third-order valence-electron chi connectivity index (χ3n) is 4.23. The Bertz CT molecular complexity index is 408. The number of hydrogen-bond donors (Lipinski definition) is 1. The molecule has 2 saturated carbocycles. The summed E-state index contributed by atoms with van der Waals surface area (Å²) in [4.78, 5) is 0. The minimum Gasteiger partial charge on any atom is -0.324 e. The van der Waals surface area contributed by atoms with E-state index in [0.717, 1.165) is 6.07 Å². The molecule has 3 atom stereocenters. The monoisotopic (exact) mass is 223 g/mol.